The third-order valence-corrected chi connectivity index (χ3v) is 3.49. The Morgan fingerprint density at radius 3 is 2.79 bits per heavy atom. The molecule has 1 heterocycles. The fourth-order valence-corrected chi connectivity index (χ4v) is 2.37. The number of anilines is 1. The minimum absolute atomic E-state index is 0.273. The molecule has 2 aromatic carbocycles. The first-order valence-corrected chi connectivity index (χ1v) is 7.61. The number of aromatic nitrogens is 2. The third kappa shape index (κ3) is 3.98. The number of hydrogen-bond acceptors (Lipinski definition) is 2. The molecular formula is C18H17FN4O. The maximum absolute atomic E-state index is 13.1. The average molecular weight is 324 g/mol. The van der Waals surface area contributed by atoms with E-state index in [0.717, 1.165) is 11.3 Å². The first kappa shape index (κ1) is 15.7. The van der Waals surface area contributed by atoms with Gasteiger partial charge in [0.05, 0.1) is 11.4 Å². The fourth-order valence-electron chi connectivity index (χ4n) is 2.37. The van der Waals surface area contributed by atoms with Crippen molar-refractivity contribution in [3.63, 3.8) is 0 Å². The van der Waals surface area contributed by atoms with Gasteiger partial charge in [0.1, 0.15) is 5.82 Å². The molecule has 0 bridgehead atoms. The van der Waals surface area contributed by atoms with Gasteiger partial charge in [-0.2, -0.15) is 5.10 Å². The number of urea groups is 1. The van der Waals surface area contributed by atoms with Crippen molar-refractivity contribution in [2.24, 2.45) is 0 Å². The molecule has 0 saturated heterocycles. The lowest BCUT2D eigenvalue weighted by Crippen LogP contribution is -2.30. The second-order valence-corrected chi connectivity index (χ2v) is 5.23. The van der Waals surface area contributed by atoms with E-state index in [0.29, 0.717) is 18.7 Å². The highest BCUT2D eigenvalue weighted by molar-refractivity contribution is 5.91. The normalized spacial score (nSPS) is 10.4. The maximum atomic E-state index is 13.1. The molecule has 0 fully saturated rings. The molecule has 0 unspecified atom stereocenters. The van der Waals surface area contributed by atoms with Gasteiger partial charge in [0.2, 0.25) is 0 Å². The number of benzene rings is 2. The smallest absolute Gasteiger partial charge is 0.319 e. The summed E-state index contributed by atoms with van der Waals surface area (Å²) in [6, 6.07) is 15.3. The van der Waals surface area contributed by atoms with E-state index in [-0.39, 0.29) is 11.8 Å². The van der Waals surface area contributed by atoms with Crippen molar-refractivity contribution in [2.75, 3.05) is 11.9 Å². The Bertz CT molecular complexity index is 817. The van der Waals surface area contributed by atoms with E-state index in [4.69, 9.17) is 0 Å². The molecule has 3 aromatic rings. The lowest BCUT2D eigenvalue weighted by molar-refractivity contribution is 0.252. The molecule has 6 heteroatoms. The molecule has 0 radical (unpaired) electrons. The molecule has 0 aliphatic rings. The van der Waals surface area contributed by atoms with Crippen LogP contribution >= 0.6 is 0 Å². The molecule has 122 valence electrons. The Morgan fingerprint density at radius 1 is 1.12 bits per heavy atom. The summed E-state index contributed by atoms with van der Waals surface area (Å²) in [5, 5.41) is 9.75. The summed E-state index contributed by atoms with van der Waals surface area (Å²) < 4.78 is 14.8. The molecule has 24 heavy (non-hydrogen) atoms. The van der Waals surface area contributed by atoms with Crippen molar-refractivity contribution in [1.29, 1.82) is 0 Å². The van der Waals surface area contributed by atoms with Gasteiger partial charge in [0.25, 0.3) is 0 Å². The monoisotopic (exact) mass is 324 g/mol. The molecule has 2 N–H and O–H groups in total. The van der Waals surface area contributed by atoms with Gasteiger partial charge >= 0.3 is 6.03 Å². The standard InChI is InChI=1S/C18H17FN4O/c19-15-6-3-5-14(13-15)9-11-20-18(24)22-16-7-1-2-8-17(16)23-12-4-10-21-23/h1-8,10,12-13H,9,11H2,(H2,20,22,24). The quantitative estimate of drug-likeness (QED) is 0.756. The van der Waals surface area contributed by atoms with Gasteiger partial charge in [-0.1, -0.05) is 24.3 Å². The van der Waals surface area contributed by atoms with E-state index in [9.17, 15) is 9.18 Å². The molecule has 0 aliphatic carbocycles. The number of rotatable bonds is 5. The van der Waals surface area contributed by atoms with Crippen molar-refractivity contribution in [3.05, 3.63) is 78.4 Å². The number of nitrogens with zero attached hydrogens (tertiary/aromatic N) is 2. The molecule has 0 aliphatic heterocycles. The highest BCUT2D eigenvalue weighted by atomic mass is 19.1. The summed E-state index contributed by atoms with van der Waals surface area (Å²) in [6.07, 6.45) is 4.05. The van der Waals surface area contributed by atoms with Crippen molar-refractivity contribution in [3.8, 4) is 5.69 Å². The van der Waals surface area contributed by atoms with E-state index in [1.54, 1.807) is 16.9 Å². The number of carbonyl (C=O) groups excluding carboxylic acids is 1. The summed E-state index contributed by atoms with van der Waals surface area (Å²) >= 11 is 0. The van der Waals surface area contributed by atoms with Crippen molar-refractivity contribution >= 4 is 11.7 Å². The van der Waals surface area contributed by atoms with Crippen molar-refractivity contribution in [1.82, 2.24) is 15.1 Å². The summed E-state index contributed by atoms with van der Waals surface area (Å²) in [7, 11) is 0. The predicted molar refractivity (Wildman–Crippen MR) is 90.7 cm³/mol. The van der Waals surface area contributed by atoms with Crippen LogP contribution in [0.3, 0.4) is 0 Å². The number of halogens is 1. The van der Waals surface area contributed by atoms with Crippen LogP contribution in [-0.4, -0.2) is 22.4 Å². The van der Waals surface area contributed by atoms with Crippen molar-refractivity contribution in [2.45, 2.75) is 6.42 Å². The molecule has 1 aromatic heterocycles. The zero-order chi connectivity index (χ0) is 16.8. The van der Waals surface area contributed by atoms with Crippen LogP contribution < -0.4 is 10.6 Å². The van der Waals surface area contributed by atoms with Gasteiger partial charge in [-0.05, 0) is 42.3 Å². The Balaban J connectivity index is 1.58. The van der Waals surface area contributed by atoms with E-state index >= 15 is 0 Å². The van der Waals surface area contributed by atoms with Crippen molar-refractivity contribution < 1.29 is 9.18 Å². The van der Waals surface area contributed by atoms with Crippen LogP contribution in [0.1, 0.15) is 5.56 Å². The Hall–Kier alpha value is -3.15. The van der Waals surface area contributed by atoms with E-state index in [1.807, 2.05) is 42.6 Å². The number of nitrogens with one attached hydrogen (secondary N) is 2. The van der Waals surface area contributed by atoms with Crippen LogP contribution in [0, 0.1) is 5.82 Å². The largest absolute Gasteiger partial charge is 0.338 e. The highest BCUT2D eigenvalue weighted by Crippen LogP contribution is 2.18. The molecule has 3 rings (SSSR count). The second kappa shape index (κ2) is 7.41. The van der Waals surface area contributed by atoms with Gasteiger partial charge < -0.3 is 10.6 Å². The van der Waals surface area contributed by atoms with Gasteiger partial charge in [0, 0.05) is 18.9 Å². The zero-order valence-electron chi connectivity index (χ0n) is 12.9. The first-order chi connectivity index (χ1) is 11.7. The van der Waals surface area contributed by atoms with Gasteiger partial charge in [0.15, 0.2) is 0 Å². The highest BCUT2D eigenvalue weighted by Gasteiger charge is 2.07. The van der Waals surface area contributed by atoms with E-state index < -0.39 is 0 Å². The van der Waals surface area contributed by atoms with Gasteiger partial charge in [-0.3, -0.25) is 0 Å². The Labute approximate surface area is 139 Å². The molecule has 5 nitrogen and oxygen atoms in total. The van der Waals surface area contributed by atoms with Crippen LogP contribution in [0.25, 0.3) is 5.69 Å². The molecule has 0 atom stereocenters. The first-order valence-electron chi connectivity index (χ1n) is 7.61. The number of carbonyl (C=O) groups is 1. The molecule has 0 saturated carbocycles. The third-order valence-electron chi connectivity index (χ3n) is 3.49. The number of para-hydroxylation sites is 2. The lowest BCUT2D eigenvalue weighted by atomic mass is 10.1. The van der Waals surface area contributed by atoms with E-state index in [2.05, 4.69) is 15.7 Å². The summed E-state index contributed by atoms with van der Waals surface area (Å²) in [5.74, 6) is -0.273. The summed E-state index contributed by atoms with van der Waals surface area (Å²) in [4.78, 5) is 12.1. The van der Waals surface area contributed by atoms with Crippen LogP contribution in [0.15, 0.2) is 67.0 Å². The molecular weight excluding hydrogens is 307 g/mol. The number of amides is 2. The minimum Gasteiger partial charge on any atom is -0.338 e. The summed E-state index contributed by atoms with van der Waals surface area (Å²) in [6.45, 7) is 0.416. The maximum Gasteiger partial charge on any atom is 0.319 e. The second-order valence-electron chi connectivity index (χ2n) is 5.23. The van der Waals surface area contributed by atoms with Crippen LogP contribution in [0.5, 0.6) is 0 Å². The Morgan fingerprint density at radius 2 is 2.00 bits per heavy atom. The summed E-state index contributed by atoms with van der Waals surface area (Å²) in [5.41, 5.74) is 2.28. The van der Waals surface area contributed by atoms with Crippen LogP contribution in [-0.2, 0) is 6.42 Å². The lowest BCUT2D eigenvalue weighted by Gasteiger charge is -2.12. The zero-order valence-corrected chi connectivity index (χ0v) is 12.9. The average Bonchev–Trinajstić information content (AvgIpc) is 3.10. The minimum atomic E-state index is -0.314. The predicted octanol–water partition coefficient (Wildman–Crippen LogP) is 3.38. The molecule has 2 amide bonds. The topological polar surface area (TPSA) is 59.0 Å². The fraction of sp³-hybridized carbons (Fsp3) is 0.111. The van der Waals surface area contributed by atoms with Crippen LogP contribution in [0.2, 0.25) is 0 Å². The van der Waals surface area contributed by atoms with Crippen LogP contribution in [0.4, 0.5) is 14.9 Å². The molecule has 0 spiro atoms. The van der Waals surface area contributed by atoms with Gasteiger partial charge in [-0.25, -0.2) is 13.9 Å². The van der Waals surface area contributed by atoms with E-state index in [1.165, 1.54) is 12.1 Å². The number of hydrogen-bond donors (Lipinski definition) is 2. The Kier molecular flexibility index (Phi) is 4.86. The van der Waals surface area contributed by atoms with Gasteiger partial charge in [-0.15, -0.1) is 0 Å². The SMILES string of the molecule is O=C(NCCc1cccc(F)c1)Nc1ccccc1-n1cccn1.